The Kier molecular flexibility index (Phi) is 4.40. The van der Waals surface area contributed by atoms with Crippen LogP contribution in [0.25, 0.3) is 0 Å². The second-order valence-corrected chi connectivity index (χ2v) is 7.19. The topological polar surface area (TPSA) is 72.2 Å². The molecule has 0 radical (unpaired) electrons. The monoisotopic (exact) mass is 272 g/mol. The van der Waals surface area contributed by atoms with Crippen molar-refractivity contribution in [1.29, 1.82) is 0 Å². The van der Waals surface area contributed by atoms with E-state index in [4.69, 9.17) is 4.42 Å². The maximum absolute atomic E-state index is 11.3. The van der Waals surface area contributed by atoms with Gasteiger partial charge < -0.3 is 9.73 Å². The molecule has 1 saturated heterocycles. The molecule has 0 amide bonds. The van der Waals surface area contributed by atoms with Gasteiger partial charge in [0.15, 0.2) is 5.89 Å². The zero-order valence-electron chi connectivity index (χ0n) is 10.7. The molecule has 1 aliphatic heterocycles. The highest BCUT2D eigenvalue weighted by Gasteiger charge is 2.24. The first-order valence-corrected chi connectivity index (χ1v) is 8.19. The van der Waals surface area contributed by atoms with Crippen LogP contribution in [0.5, 0.6) is 0 Å². The minimum Gasteiger partial charge on any atom is -0.449 e. The highest BCUT2D eigenvalue weighted by Crippen LogP contribution is 2.22. The molecule has 1 aromatic rings. The van der Waals surface area contributed by atoms with Crippen LogP contribution in [0.1, 0.15) is 24.4 Å². The summed E-state index contributed by atoms with van der Waals surface area (Å²) < 4.78 is 28.1. The predicted octanol–water partition coefficient (Wildman–Crippen LogP) is 0.804. The molecule has 102 valence electrons. The zero-order chi connectivity index (χ0) is 13.0. The molecule has 2 heterocycles. The number of oxazole rings is 1. The molecule has 0 atom stereocenters. The van der Waals surface area contributed by atoms with E-state index in [-0.39, 0.29) is 0 Å². The number of hydrogen-bond donors (Lipinski definition) is 1. The molecular formula is C12H20N2O3S. The lowest BCUT2D eigenvalue weighted by Crippen LogP contribution is -2.24. The second kappa shape index (κ2) is 5.84. The van der Waals surface area contributed by atoms with Crippen molar-refractivity contribution in [3.63, 3.8) is 0 Å². The van der Waals surface area contributed by atoms with Gasteiger partial charge >= 0.3 is 0 Å². The molecular weight excluding hydrogens is 252 g/mol. The van der Waals surface area contributed by atoms with E-state index in [1.807, 2.05) is 7.05 Å². The average Bonchev–Trinajstić information content (AvgIpc) is 2.77. The number of nitrogens with one attached hydrogen (secondary N) is 1. The third-order valence-electron chi connectivity index (χ3n) is 3.37. The molecule has 0 unspecified atom stereocenters. The molecule has 1 aromatic heterocycles. The summed E-state index contributed by atoms with van der Waals surface area (Å²) in [5, 5.41) is 3.07. The van der Waals surface area contributed by atoms with Crippen molar-refractivity contribution < 1.29 is 12.8 Å². The summed E-state index contributed by atoms with van der Waals surface area (Å²) in [6.07, 6.45) is 4.79. The number of sulfone groups is 1. The van der Waals surface area contributed by atoms with Gasteiger partial charge in [0.2, 0.25) is 0 Å². The summed E-state index contributed by atoms with van der Waals surface area (Å²) in [5.41, 5.74) is 0.961. The van der Waals surface area contributed by atoms with Crippen LogP contribution in [-0.4, -0.2) is 38.5 Å². The van der Waals surface area contributed by atoms with Gasteiger partial charge in [-0.25, -0.2) is 13.4 Å². The Morgan fingerprint density at radius 1 is 1.44 bits per heavy atom. The fraction of sp³-hybridized carbons (Fsp3) is 0.750. The van der Waals surface area contributed by atoms with Gasteiger partial charge in [-0.05, 0) is 25.8 Å². The van der Waals surface area contributed by atoms with Crippen molar-refractivity contribution >= 4 is 9.84 Å². The summed E-state index contributed by atoms with van der Waals surface area (Å²) in [6, 6.07) is 0. The molecule has 2 rings (SSSR count). The van der Waals surface area contributed by atoms with Gasteiger partial charge in [-0.2, -0.15) is 0 Å². The number of likely N-dealkylation sites (N-methyl/N-ethyl adjacent to an activating group) is 1. The lowest BCUT2D eigenvalue weighted by molar-refractivity contribution is 0.399. The van der Waals surface area contributed by atoms with Gasteiger partial charge in [-0.1, -0.05) is 0 Å². The van der Waals surface area contributed by atoms with Crippen LogP contribution in [-0.2, 0) is 22.7 Å². The minimum atomic E-state index is -2.77. The quantitative estimate of drug-likeness (QED) is 0.858. The van der Waals surface area contributed by atoms with Crippen molar-refractivity contribution in [2.24, 2.45) is 5.92 Å². The standard InChI is InChI=1S/C12H20N2O3S/c1-13-5-2-11-9-17-12(14-11)8-10-3-6-18(15,16)7-4-10/h9-10,13H,2-8H2,1H3. The highest BCUT2D eigenvalue weighted by molar-refractivity contribution is 7.91. The fourth-order valence-corrected chi connectivity index (χ4v) is 3.79. The normalized spacial score (nSPS) is 20.1. The molecule has 1 aliphatic rings. The molecule has 6 heteroatoms. The molecule has 5 nitrogen and oxygen atoms in total. The molecule has 0 saturated carbocycles. The maximum Gasteiger partial charge on any atom is 0.194 e. The Morgan fingerprint density at radius 2 is 2.17 bits per heavy atom. The Hall–Kier alpha value is -0.880. The minimum absolute atomic E-state index is 0.311. The van der Waals surface area contributed by atoms with Gasteiger partial charge in [0, 0.05) is 19.4 Å². The Bertz CT molecular complexity index is 467. The van der Waals surface area contributed by atoms with E-state index in [0.717, 1.165) is 43.8 Å². The van der Waals surface area contributed by atoms with Crippen LogP contribution in [0.3, 0.4) is 0 Å². The first kappa shape index (κ1) is 13.5. The maximum atomic E-state index is 11.3. The van der Waals surface area contributed by atoms with Gasteiger partial charge in [0.1, 0.15) is 16.1 Å². The number of aromatic nitrogens is 1. The summed E-state index contributed by atoms with van der Waals surface area (Å²) in [7, 11) is -0.868. The van der Waals surface area contributed by atoms with E-state index in [2.05, 4.69) is 10.3 Å². The van der Waals surface area contributed by atoms with Crippen LogP contribution in [0.2, 0.25) is 0 Å². The summed E-state index contributed by atoms with van der Waals surface area (Å²) >= 11 is 0. The predicted molar refractivity (Wildman–Crippen MR) is 69.2 cm³/mol. The van der Waals surface area contributed by atoms with Crippen molar-refractivity contribution in [3.05, 3.63) is 17.8 Å². The molecule has 0 bridgehead atoms. The van der Waals surface area contributed by atoms with Crippen molar-refractivity contribution in [2.75, 3.05) is 25.1 Å². The molecule has 1 N–H and O–H groups in total. The lowest BCUT2D eigenvalue weighted by Gasteiger charge is -2.20. The zero-order valence-corrected chi connectivity index (χ0v) is 11.5. The van der Waals surface area contributed by atoms with E-state index < -0.39 is 9.84 Å². The van der Waals surface area contributed by atoms with Crippen molar-refractivity contribution in [2.45, 2.75) is 25.7 Å². The van der Waals surface area contributed by atoms with Crippen LogP contribution < -0.4 is 5.32 Å². The largest absolute Gasteiger partial charge is 0.449 e. The van der Waals surface area contributed by atoms with Gasteiger partial charge in [-0.15, -0.1) is 0 Å². The number of hydrogen-bond acceptors (Lipinski definition) is 5. The second-order valence-electron chi connectivity index (χ2n) is 4.89. The number of rotatable bonds is 5. The van der Waals surface area contributed by atoms with Crippen molar-refractivity contribution in [3.8, 4) is 0 Å². The Labute approximate surface area is 108 Å². The van der Waals surface area contributed by atoms with Crippen LogP contribution in [0.4, 0.5) is 0 Å². The van der Waals surface area contributed by atoms with Crippen LogP contribution in [0.15, 0.2) is 10.7 Å². The third kappa shape index (κ3) is 3.81. The molecule has 0 aliphatic carbocycles. The average molecular weight is 272 g/mol. The van der Waals surface area contributed by atoms with E-state index in [0.29, 0.717) is 17.4 Å². The first-order chi connectivity index (χ1) is 8.59. The Balaban J connectivity index is 1.84. The van der Waals surface area contributed by atoms with Crippen LogP contribution in [0, 0.1) is 5.92 Å². The van der Waals surface area contributed by atoms with Crippen molar-refractivity contribution in [1.82, 2.24) is 10.3 Å². The molecule has 0 spiro atoms. The number of nitrogens with zero attached hydrogens (tertiary/aromatic N) is 1. The molecule has 1 fully saturated rings. The SMILES string of the molecule is CNCCc1coc(CC2CCS(=O)(=O)CC2)n1. The van der Waals surface area contributed by atoms with E-state index >= 15 is 0 Å². The third-order valence-corrected chi connectivity index (χ3v) is 5.08. The van der Waals surface area contributed by atoms with E-state index in [9.17, 15) is 8.42 Å². The molecule has 18 heavy (non-hydrogen) atoms. The highest BCUT2D eigenvalue weighted by atomic mass is 32.2. The molecule has 0 aromatic carbocycles. The smallest absolute Gasteiger partial charge is 0.194 e. The van der Waals surface area contributed by atoms with Gasteiger partial charge in [0.05, 0.1) is 17.2 Å². The van der Waals surface area contributed by atoms with Crippen LogP contribution >= 0.6 is 0 Å². The summed E-state index contributed by atoms with van der Waals surface area (Å²) in [4.78, 5) is 4.42. The van der Waals surface area contributed by atoms with E-state index in [1.165, 1.54) is 0 Å². The Morgan fingerprint density at radius 3 is 2.83 bits per heavy atom. The van der Waals surface area contributed by atoms with Gasteiger partial charge in [0.25, 0.3) is 0 Å². The fourth-order valence-electron chi connectivity index (χ4n) is 2.20. The van der Waals surface area contributed by atoms with E-state index in [1.54, 1.807) is 6.26 Å². The summed E-state index contributed by atoms with van der Waals surface area (Å²) in [5.74, 6) is 1.76. The van der Waals surface area contributed by atoms with Gasteiger partial charge in [-0.3, -0.25) is 0 Å². The summed E-state index contributed by atoms with van der Waals surface area (Å²) in [6.45, 7) is 0.883. The lowest BCUT2D eigenvalue weighted by atomic mass is 9.99. The first-order valence-electron chi connectivity index (χ1n) is 6.37.